The Morgan fingerprint density at radius 3 is 2.45 bits per heavy atom. The molecule has 0 bridgehead atoms. The highest BCUT2D eigenvalue weighted by Gasteiger charge is 2.18. The Kier molecular flexibility index (Phi) is 7.57. The molecule has 33 heavy (non-hydrogen) atoms. The molecule has 0 saturated heterocycles. The molecule has 0 fully saturated rings. The quantitative estimate of drug-likeness (QED) is 0.447. The van der Waals surface area contributed by atoms with Crippen LogP contribution in [0.5, 0.6) is 5.75 Å². The number of hydrogen-bond donors (Lipinski definition) is 3. The van der Waals surface area contributed by atoms with Crippen molar-refractivity contribution in [3.05, 3.63) is 82.9 Å². The number of carbonyl (C=O) groups is 2. The van der Waals surface area contributed by atoms with Crippen molar-refractivity contribution in [1.82, 2.24) is 5.32 Å². The molecule has 0 aliphatic carbocycles. The van der Waals surface area contributed by atoms with Gasteiger partial charge in [0.05, 0.1) is 34.9 Å². The van der Waals surface area contributed by atoms with E-state index < -0.39 is 21.8 Å². The molecule has 0 unspecified atom stereocenters. The van der Waals surface area contributed by atoms with E-state index in [0.29, 0.717) is 16.5 Å². The summed E-state index contributed by atoms with van der Waals surface area (Å²) in [6, 6.07) is 17.2. The fourth-order valence-corrected chi connectivity index (χ4v) is 4.31. The molecule has 8 nitrogen and oxygen atoms in total. The van der Waals surface area contributed by atoms with Gasteiger partial charge in [-0.3, -0.25) is 14.3 Å². The smallest absolute Gasteiger partial charge is 0.262 e. The number of amides is 2. The van der Waals surface area contributed by atoms with E-state index in [0.717, 1.165) is 5.56 Å². The number of ether oxygens (including phenoxy) is 1. The molecule has 3 aromatic rings. The van der Waals surface area contributed by atoms with E-state index in [1.54, 1.807) is 42.5 Å². The Labute approximate surface area is 197 Å². The summed E-state index contributed by atoms with van der Waals surface area (Å²) in [5.41, 5.74) is 1.72. The van der Waals surface area contributed by atoms with Gasteiger partial charge < -0.3 is 15.4 Å². The predicted molar refractivity (Wildman–Crippen MR) is 127 cm³/mol. The Balaban J connectivity index is 1.67. The van der Waals surface area contributed by atoms with Crippen LogP contribution in [0, 0.1) is 6.92 Å². The molecule has 0 heterocycles. The third kappa shape index (κ3) is 6.24. The normalized spacial score (nSPS) is 10.9. The monoisotopic (exact) mass is 487 g/mol. The van der Waals surface area contributed by atoms with Crippen molar-refractivity contribution in [3.8, 4) is 5.75 Å². The summed E-state index contributed by atoms with van der Waals surface area (Å²) in [7, 11) is -2.55. The summed E-state index contributed by atoms with van der Waals surface area (Å²) in [4.78, 5) is 24.6. The van der Waals surface area contributed by atoms with E-state index in [1.165, 1.54) is 31.4 Å². The first-order valence-corrected chi connectivity index (χ1v) is 11.7. The van der Waals surface area contributed by atoms with Crippen LogP contribution in [0.15, 0.2) is 71.6 Å². The number of rotatable bonds is 8. The first-order valence-electron chi connectivity index (χ1n) is 9.80. The minimum atomic E-state index is -3.99. The Morgan fingerprint density at radius 1 is 0.970 bits per heavy atom. The van der Waals surface area contributed by atoms with Gasteiger partial charge in [0.15, 0.2) is 0 Å². The zero-order chi connectivity index (χ0) is 24.0. The third-order valence-corrected chi connectivity index (χ3v) is 6.24. The van der Waals surface area contributed by atoms with Gasteiger partial charge in [0.25, 0.3) is 15.9 Å². The van der Waals surface area contributed by atoms with Crippen LogP contribution in [-0.4, -0.2) is 33.9 Å². The van der Waals surface area contributed by atoms with E-state index in [2.05, 4.69) is 15.4 Å². The second-order valence-corrected chi connectivity index (χ2v) is 9.14. The van der Waals surface area contributed by atoms with Crippen LogP contribution in [0.2, 0.25) is 5.02 Å². The van der Waals surface area contributed by atoms with Gasteiger partial charge in [0.2, 0.25) is 5.91 Å². The Morgan fingerprint density at radius 2 is 1.73 bits per heavy atom. The van der Waals surface area contributed by atoms with Crippen molar-refractivity contribution in [3.63, 3.8) is 0 Å². The molecule has 0 spiro atoms. The number of halogens is 1. The van der Waals surface area contributed by atoms with E-state index in [4.69, 9.17) is 16.3 Å². The molecule has 3 N–H and O–H groups in total. The van der Waals surface area contributed by atoms with Crippen molar-refractivity contribution < 1.29 is 22.7 Å². The predicted octanol–water partition coefficient (Wildman–Crippen LogP) is 3.83. The molecule has 10 heteroatoms. The lowest BCUT2D eigenvalue weighted by molar-refractivity contribution is -0.115. The SMILES string of the molecule is COc1ccccc1NS(=O)(=O)c1cccc(C(=O)NCC(=O)Nc2ccc(C)cc2Cl)c1. The molecule has 2 amide bonds. The minimum absolute atomic E-state index is 0.0825. The van der Waals surface area contributed by atoms with Gasteiger partial charge in [-0.25, -0.2) is 8.42 Å². The summed E-state index contributed by atoms with van der Waals surface area (Å²) in [5.74, 6) is -0.722. The van der Waals surface area contributed by atoms with Crippen molar-refractivity contribution in [2.75, 3.05) is 23.7 Å². The molecule has 0 atom stereocenters. The lowest BCUT2D eigenvalue weighted by atomic mass is 10.2. The van der Waals surface area contributed by atoms with Crippen LogP contribution in [-0.2, 0) is 14.8 Å². The standard InChI is InChI=1S/C23H22ClN3O5S/c1-15-10-11-19(18(24)12-15)26-22(28)14-25-23(29)16-6-5-7-17(13-16)33(30,31)27-20-8-3-4-9-21(20)32-2/h3-13,27H,14H2,1-2H3,(H,25,29)(H,26,28). The second kappa shape index (κ2) is 10.4. The van der Waals surface area contributed by atoms with Gasteiger partial charge in [-0.1, -0.05) is 35.9 Å². The topological polar surface area (TPSA) is 114 Å². The third-order valence-electron chi connectivity index (χ3n) is 4.57. The maximum Gasteiger partial charge on any atom is 0.262 e. The largest absolute Gasteiger partial charge is 0.495 e. The van der Waals surface area contributed by atoms with E-state index in [9.17, 15) is 18.0 Å². The fraction of sp³-hybridized carbons (Fsp3) is 0.130. The highest BCUT2D eigenvalue weighted by molar-refractivity contribution is 7.92. The van der Waals surface area contributed by atoms with Crippen molar-refractivity contribution in [1.29, 1.82) is 0 Å². The number of nitrogens with one attached hydrogen (secondary N) is 3. The maximum absolute atomic E-state index is 12.8. The van der Waals surface area contributed by atoms with Crippen LogP contribution in [0.3, 0.4) is 0 Å². The number of methoxy groups -OCH3 is 1. The lowest BCUT2D eigenvalue weighted by Gasteiger charge is -2.12. The summed E-state index contributed by atoms with van der Waals surface area (Å²) in [6.07, 6.45) is 0. The maximum atomic E-state index is 12.8. The molecule has 3 rings (SSSR count). The molecular formula is C23H22ClN3O5S. The Hall–Kier alpha value is -3.56. The van der Waals surface area contributed by atoms with Crippen LogP contribution in [0.25, 0.3) is 0 Å². The Bertz CT molecular complexity index is 1290. The molecular weight excluding hydrogens is 466 g/mol. The second-order valence-electron chi connectivity index (χ2n) is 7.05. The first-order chi connectivity index (χ1) is 15.7. The first kappa shape index (κ1) is 24.1. The zero-order valence-electron chi connectivity index (χ0n) is 17.9. The highest BCUT2D eigenvalue weighted by Crippen LogP contribution is 2.26. The molecule has 0 aliphatic rings. The van der Waals surface area contributed by atoms with Crippen molar-refractivity contribution in [2.24, 2.45) is 0 Å². The number of anilines is 2. The number of para-hydroxylation sites is 2. The van der Waals surface area contributed by atoms with Crippen molar-refractivity contribution in [2.45, 2.75) is 11.8 Å². The number of hydrogen-bond acceptors (Lipinski definition) is 5. The average molecular weight is 488 g/mol. The van der Waals surface area contributed by atoms with Crippen LogP contribution >= 0.6 is 11.6 Å². The fourth-order valence-electron chi connectivity index (χ4n) is 2.92. The number of carbonyl (C=O) groups excluding carboxylic acids is 2. The molecule has 172 valence electrons. The zero-order valence-corrected chi connectivity index (χ0v) is 19.5. The molecule has 0 radical (unpaired) electrons. The van der Waals surface area contributed by atoms with Gasteiger partial charge in [0.1, 0.15) is 5.75 Å². The number of sulfonamides is 1. The summed E-state index contributed by atoms with van der Waals surface area (Å²) in [6.45, 7) is 1.55. The summed E-state index contributed by atoms with van der Waals surface area (Å²) >= 11 is 6.10. The summed E-state index contributed by atoms with van der Waals surface area (Å²) in [5, 5.41) is 5.47. The van der Waals surface area contributed by atoms with Gasteiger partial charge in [-0.05, 0) is 55.0 Å². The van der Waals surface area contributed by atoms with Crippen molar-refractivity contribution >= 4 is 44.8 Å². The number of benzene rings is 3. The van der Waals surface area contributed by atoms with Crippen LogP contribution in [0.4, 0.5) is 11.4 Å². The molecule has 0 saturated carbocycles. The number of aryl methyl sites for hydroxylation is 1. The lowest BCUT2D eigenvalue weighted by Crippen LogP contribution is -2.33. The van der Waals surface area contributed by atoms with Gasteiger partial charge >= 0.3 is 0 Å². The molecule has 0 aromatic heterocycles. The average Bonchev–Trinajstić information content (AvgIpc) is 2.79. The van der Waals surface area contributed by atoms with E-state index >= 15 is 0 Å². The van der Waals surface area contributed by atoms with Gasteiger partial charge in [-0.15, -0.1) is 0 Å². The van der Waals surface area contributed by atoms with E-state index in [-0.39, 0.29) is 22.7 Å². The minimum Gasteiger partial charge on any atom is -0.495 e. The molecule has 0 aliphatic heterocycles. The highest BCUT2D eigenvalue weighted by atomic mass is 35.5. The van der Waals surface area contributed by atoms with E-state index in [1.807, 2.05) is 6.92 Å². The summed E-state index contributed by atoms with van der Waals surface area (Å²) < 4.78 is 33.2. The van der Waals surface area contributed by atoms with Gasteiger partial charge in [-0.2, -0.15) is 0 Å². The van der Waals surface area contributed by atoms with Crippen LogP contribution in [0.1, 0.15) is 15.9 Å². The molecule has 3 aromatic carbocycles. The van der Waals surface area contributed by atoms with Crippen LogP contribution < -0.4 is 20.1 Å². The van der Waals surface area contributed by atoms with Gasteiger partial charge in [0, 0.05) is 5.56 Å².